The van der Waals surface area contributed by atoms with E-state index in [9.17, 15) is 20.0 Å². The molecule has 5 N–H and O–H groups in total. The van der Waals surface area contributed by atoms with Crippen molar-refractivity contribution in [1.29, 1.82) is 0 Å². The number of hydrogen-bond donors (Lipinski definition) is 2. The summed E-state index contributed by atoms with van der Waals surface area (Å²) in [5, 5.41) is 30.8. The molecule has 1 aromatic carbocycles. The van der Waals surface area contributed by atoms with Gasteiger partial charge in [0.05, 0.1) is 17.5 Å². The molecule has 122 valence electrons. The summed E-state index contributed by atoms with van der Waals surface area (Å²) in [6.45, 7) is 3.26. The first-order valence-electron chi connectivity index (χ1n) is 6.61. The molecular formula is C13H20N4O5. The van der Waals surface area contributed by atoms with Crippen molar-refractivity contribution in [2.24, 2.45) is 0 Å². The maximum atomic E-state index is 11.2. The molecule has 0 amide bonds. The van der Waals surface area contributed by atoms with Crippen LogP contribution in [0.15, 0.2) is 18.2 Å². The summed E-state index contributed by atoms with van der Waals surface area (Å²) < 4.78 is 0. The second kappa shape index (κ2) is 7.69. The first-order chi connectivity index (χ1) is 10.0. The van der Waals surface area contributed by atoms with Crippen LogP contribution in [0.1, 0.15) is 10.4 Å². The third-order valence-electron chi connectivity index (χ3n) is 3.54. The van der Waals surface area contributed by atoms with E-state index in [0.29, 0.717) is 38.4 Å². The zero-order valence-corrected chi connectivity index (χ0v) is 12.4. The fourth-order valence-corrected chi connectivity index (χ4v) is 2.43. The second-order valence-electron chi connectivity index (χ2n) is 4.80. The van der Waals surface area contributed by atoms with Crippen LogP contribution in [0, 0.1) is 10.1 Å². The fourth-order valence-electron chi connectivity index (χ4n) is 2.43. The summed E-state index contributed by atoms with van der Waals surface area (Å²) in [4.78, 5) is 25.2. The van der Waals surface area contributed by atoms with Crippen LogP contribution in [-0.2, 0) is 0 Å². The molecule has 1 aliphatic heterocycles. The number of aliphatic hydroxyl groups is 1. The van der Waals surface area contributed by atoms with Gasteiger partial charge in [-0.3, -0.25) is 15.0 Å². The predicted molar refractivity (Wildman–Crippen MR) is 79.2 cm³/mol. The van der Waals surface area contributed by atoms with Gasteiger partial charge in [-0.2, -0.15) is 0 Å². The molecule has 0 radical (unpaired) electrons. The molecule has 9 nitrogen and oxygen atoms in total. The molecule has 0 bridgehead atoms. The highest BCUT2D eigenvalue weighted by Gasteiger charge is 2.21. The maximum absolute atomic E-state index is 11.2. The smallest absolute Gasteiger partial charge is 0.270 e. The van der Waals surface area contributed by atoms with Gasteiger partial charge in [-0.1, -0.05) is 0 Å². The zero-order valence-electron chi connectivity index (χ0n) is 12.4. The Labute approximate surface area is 127 Å². The second-order valence-corrected chi connectivity index (χ2v) is 4.80. The lowest BCUT2D eigenvalue weighted by molar-refractivity contribution is -0.385. The van der Waals surface area contributed by atoms with Crippen molar-refractivity contribution in [3.8, 4) is 0 Å². The number of carbonyl (C=O) groups is 1. The van der Waals surface area contributed by atoms with E-state index in [1.54, 1.807) is 0 Å². The van der Waals surface area contributed by atoms with Crippen molar-refractivity contribution in [2.45, 2.75) is 0 Å². The summed E-state index contributed by atoms with van der Waals surface area (Å²) in [6, 6.07) is 3.78. The highest BCUT2D eigenvalue weighted by molar-refractivity contribution is 5.94. The van der Waals surface area contributed by atoms with E-state index in [2.05, 4.69) is 4.90 Å². The molecule has 2 rings (SSSR count). The first kappa shape index (κ1) is 17.8. The molecule has 22 heavy (non-hydrogen) atoms. The number of anilines is 1. The minimum Gasteiger partial charge on any atom is -0.545 e. The Morgan fingerprint density at radius 3 is 2.41 bits per heavy atom. The zero-order chi connectivity index (χ0) is 15.4. The van der Waals surface area contributed by atoms with E-state index in [4.69, 9.17) is 5.11 Å². The van der Waals surface area contributed by atoms with Crippen LogP contribution >= 0.6 is 0 Å². The van der Waals surface area contributed by atoms with E-state index in [1.807, 2.05) is 4.90 Å². The molecule has 1 aromatic rings. The van der Waals surface area contributed by atoms with Gasteiger partial charge >= 0.3 is 0 Å². The largest absolute Gasteiger partial charge is 0.545 e. The summed E-state index contributed by atoms with van der Waals surface area (Å²) in [7, 11) is 0. The van der Waals surface area contributed by atoms with Crippen molar-refractivity contribution in [3.05, 3.63) is 33.9 Å². The van der Waals surface area contributed by atoms with Crippen molar-refractivity contribution in [2.75, 3.05) is 44.2 Å². The van der Waals surface area contributed by atoms with Crippen LogP contribution in [0.4, 0.5) is 11.4 Å². The molecule has 9 heteroatoms. The number of non-ortho nitro benzene ring substituents is 1. The number of aliphatic hydroxyl groups excluding tert-OH is 1. The molecule has 1 heterocycles. The van der Waals surface area contributed by atoms with E-state index in [1.165, 1.54) is 12.1 Å². The molecule has 1 saturated heterocycles. The third-order valence-corrected chi connectivity index (χ3v) is 3.54. The number of nitrogens with zero attached hydrogens (tertiary/aromatic N) is 3. The van der Waals surface area contributed by atoms with E-state index >= 15 is 0 Å². The number of carboxylic acid groups (broad SMARTS) is 1. The van der Waals surface area contributed by atoms with Crippen molar-refractivity contribution < 1.29 is 19.9 Å². The van der Waals surface area contributed by atoms with E-state index < -0.39 is 10.9 Å². The summed E-state index contributed by atoms with van der Waals surface area (Å²) in [6.07, 6.45) is 0. The number of nitro groups is 1. The molecule has 0 spiro atoms. The Hall–Kier alpha value is -2.23. The van der Waals surface area contributed by atoms with E-state index in [-0.39, 0.29) is 24.0 Å². The SMILES string of the molecule is O=C([O-])c1cc([N+](=O)[O-])ccc1N1CCN(CCO)CC1.[NH4+]. The molecular weight excluding hydrogens is 292 g/mol. The quantitative estimate of drug-likeness (QED) is 0.547. The minimum atomic E-state index is -1.42. The van der Waals surface area contributed by atoms with Gasteiger partial charge in [0.25, 0.3) is 5.69 Å². The lowest BCUT2D eigenvalue weighted by atomic mass is 10.1. The van der Waals surface area contributed by atoms with Crippen LogP contribution in [-0.4, -0.2) is 60.2 Å². The fraction of sp³-hybridized carbons (Fsp3) is 0.462. The Morgan fingerprint density at radius 2 is 1.91 bits per heavy atom. The normalized spacial score (nSPS) is 15.2. The van der Waals surface area contributed by atoms with Crippen molar-refractivity contribution >= 4 is 17.3 Å². The number of nitro benzene ring substituents is 1. The average Bonchev–Trinajstić information content (AvgIpc) is 2.47. The number of carboxylic acids is 1. The molecule has 0 atom stereocenters. The van der Waals surface area contributed by atoms with Crippen molar-refractivity contribution in [1.82, 2.24) is 11.1 Å². The molecule has 1 aliphatic rings. The highest BCUT2D eigenvalue weighted by Crippen LogP contribution is 2.26. The summed E-state index contributed by atoms with van der Waals surface area (Å²) >= 11 is 0. The number of aromatic carboxylic acids is 1. The van der Waals surface area contributed by atoms with Crippen LogP contribution in [0.2, 0.25) is 0 Å². The van der Waals surface area contributed by atoms with Crippen LogP contribution < -0.4 is 16.2 Å². The number of benzene rings is 1. The van der Waals surface area contributed by atoms with Gasteiger partial charge in [0.15, 0.2) is 0 Å². The monoisotopic (exact) mass is 312 g/mol. The topological polar surface area (TPSA) is 146 Å². The number of rotatable bonds is 5. The van der Waals surface area contributed by atoms with Crippen LogP contribution in [0.5, 0.6) is 0 Å². The van der Waals surface area contributed by atoms with Gasteiger partial charge < -0.3 is 26.1 Å². The summed E-state index contributed by atoms with van der Waals surface area (Å²) in [5.74, 6) is -1.42. The van der Waals surface area contributed by atoms with E-state index in [0.717, 1.165) is 6.07 Å². The Bertz CT molecular complexity index is 543. The summed E-state index contributed by atoms with van der Waals surface area (Å²) in [5.41, 5.74) is 0.000855. The lowest BCUT2D eigenvalue weighted by Gasteiger charge is -2.36. The average molecular weight is 312 g/mol. The Kier molecular flexibility index (Phi) is 6.23. The van der Waals surface area contributed by atoms with Crippen LogP contribution in [0.25, 0.3) is 0 Å². The number of quaternary nitrogens is 1. The predicted octanol–water partition coefficient (Wildman–Crippen LogP) is -0.551. The van der Waals surface area contributed by atoms with Gasteiger partial charge in [-0.15, -0.1) is 0 Å². The Balaban J connectivity index is 0.00000242. The highest BCUT2D eigenvalue weighted by atomic mass is 16.6. The maximum Gasteiger partial charge on any atom is 0.270 e. The van der Waals surface area contributed by atoms with Gasteiger partial charge in [0.2, 0.25) is 0 Å². The van der Waals surface area contributed by atoms with Gasteiger partial charge in [-0.25, -0.2) is 0 Å². The number of carbonyl (C=O) groups excluding carboxylic acids is 1. The third kappa shape index (κ3) is 3.91. The van der Waals surface area contributed by atoms with Gasteiger partial charge in [0, 0.05) is 56.1 Å². The van der Waals surface area contributed by atoms with Crippen LogP contribution in [0.3, 0.4) is 0 Å². The number of β-amino-alcohol motifs (C(OH)–C–C–N with tert-alkyl or cyclic N) is 1. The number of piperazine rings is 1. The number of hydrogen-bond acceptors (Lipinski definition) is 7. The molecule has 0 aromatic heterocycles. The standard InChI is InChI=1S/C13H17N3O5.H3N/c17-8-7-14-3-5-15(6-4-14)12-2-1-10(16(20)21)9-11(12)13(18)19;/h1-2,9,17H,3-8H2,(H,18,19);1H3. The van der Waals surface area contributed by atoms with Gasteiger partial charge in [-0.05, 0) is 6.07 Å². The first-order valence-corrected chi connectivity index (χ1v) is 6.61. The molecule has 0 aliphatic carbocycles. The molecule has 0 unspecified atom stereocenters. The lowest BCUT2D eigenvalue weighted by Crippen LogP contribution is -2.47. The molecule has 0 saturated carbocycles. The Morgan fingerprint density at radius 1 is 1.27 bits per heavy atom. The molecule has 1 fully saturated rings. The van der Waals surface area contributed by atoms with Gasteiger partial charge in [0.1, 0.15) is 0 Å². The minimum absolute atomic E-state index is 0. The van der Waals surface area contributed by atoms with Crippen molar-refractivity contribution in [3.63, 3.8) is 0 Å².